The van der Waals surface area contributed by atoms with E-state index >= 15 is 0 Å². The molecule has 0 bridgehead atoms. The van der Waals surface area contributed by atoms with Gasteiger partial charge in [-0.1, -0.05) is 24.3 Å². The Morgan fingerprint density at radius 2 is 2.14 bits per heavy atom. The molecule has 76 valence electrons. The summed E-state index contributed by atoms with van der Waals surface area (Å²) in [5.41, 5.74) is 1.97. The molecule has 0 atom stereocenters. The van der Waals surface area contributed by atoms with E-state index in [-0.39, 0.29) is 5.97 Å². The third-order valence-electron chi connectivity index (χ3n) is 1.80. The van der Waals surface area contributed by atoms with Crippen LogP contribution < -0.4 is 0 Å². The van der Waals surface area contributed by atoms with Crippen molar-refractivity contribution in [1.82, 2.24) is 0 Å². The Bertz CT molecular complexity index is 310. The number of alkyl halides is 1. The summed E-state index contributed by atoms with van der Waals surface area (Å²) in [6.07, 6.45) is 0.318. The predicted molar refractivity (Wildman–Crippen MR) is 56.3 cm³/mol. The molecule has 0 N–H and O–H groups in total. The lowest BCUT2D eigenvalue weighted by Crippen LogP contribution is -2.07. The Morgan fingerprint density at radius 3 is 2.79 bits per heavy atom. The van der Waals surface area contributed by atoms with Crippen molar-refractivity contribution in [3.05, 3.63) is 35.4 Å². The van der Waals surface area contributed by atoms with E-state index in [2.05, 4.69) is 0 Å². The largest absolute Gasteiger partial charge is 0.466 e. The van der Waals surface area contributed by atoms with Crippen LogP contribution in [0.1, 0.15) is 18.1 Å². The number of hydrogen-bond acceptors (Lipinski definition) is 2. The summed E-state index contributed by atoms with van der Waals surface area (Å²) in [7, 11) is 0. The molecule has 2 nitrogen and oxygen atoms in total. The van der Waals surface area contributed by atoms with Crippen LogP contribution in [0.5, 0.6) is 0 Å². The van der Waals surface area contributed by atoms with Gasteiger partial charge in [0.05, 0.1) is 13.0 Å². The molecule has 0 aliphatic carbocycles. The van der Waals surface area contributed by atoms with E-state index in [1.165, 1.54) is 0 Å². The molecule has 0 radical (unpaired) electrons. The van der Waals surface area contributed by atoms with E-state index in [4.69, 9.17) is 16.3 Å². The number of esters is 1. The zero-order valence-electron chi connectivity index (χ0n) is 8.13. The summed E-state index contributed by atoms with van der Waals surface area (Å²) in [6.45, 7) is 2.22. The van der Waals surface area contributed by atoms with Crippen LogP contribution in [-0.4, -0.2) is 12.6 Å². The number of benzene rings is 1. The SMILES string of the molecule is CCOC(=O)Cc1cccc(CCl)c1. The van der Waals surface area contributed by atoms with Crippen molar-refractivity contribution in [3.8, 4) is 0 Å². The van der Waals surface area contributed by atoms with Gasteiger partial charge in [0, 0.05) is 5.88 Å². The van der Waals surface area contributed by atoms with Gasteiger partial charge in [0.15, 0.2) is 0 Å². The molecule has 0 aliphatic rings. The van der Waals surface area contributed by atoms with E-state index < -0.39 is 0 Å². The minimum absolute atomic E-state index is 0.195. The number of halogens is 1. The van der Waals surface area contributed by atoms with Crippen LogP contribution in [0.15, 0.2) is 24.3 Å². The molecular formula is C11H13ClO2. The molecule has 14 heavy (non-hydrogen) atoms. The van der Waals surface area contributed by atoms with Gasteiger partial charge in [-0.2, -0.15) is 0 Å². The van der Waals surface area contributed by atoms with Crippen molar-refractivity contribution in [2.45, 2.75) is 19.2 Å². The first kappa shape index (κ1) is 11.1. The first-order valence-electron chi connectivity index (χ1n) is 4.55. The van der Waals surface area contributed by atoms with E-state index in [9.17, 15) is 4.79 Å². The van der Waals surface area contributed by atoms with E-state index in [0.29, 0.717) is 18.9 Å². The first-order valence-corrected chi connectivity index (χ1v) is 5.09. The Hall–Kier alpha value is -1.02. The fourth-order valence-corrected chi connectivity index (χ4v) is 1.37. The number of rotatable bonds is 4. The number of carbonyl (C=O) groups is 1. The lowest BCUT2D eigenvalue weighted by molar-refractivity contribution is -0.142. The fraction of sp³-hybridized carbons (Fsp3) is 0.364. The molecule has 0 amide bonds. The zero-order chi connectivity index (χ0) is 10.4. The van der Waals surface area contributed by atoms with Crippen molar-refractivity contribution < 1.29 is 9.53 Å². The molecule has 1 aromatic rings. The second kappa shape index (κ2) is 5.66. The highest BCUT2D eigenvalue weighted by atomic mass is 35.5. The second-order valence-corrected chi connectivity index (χ2v) is 3.20. The smallest absolute Gasteiger partial charge is 0.310 e. The van der Waals surface area contributed by atoms with Crippen molar-refractivity contribution >= 4 is 17.6 Å². The van der Waals surface area contributed by atoms with Crippen molar-refractivity contribution in [2.75, 3.05) is 6.61 Å². The van der Waals surface area contributed by atoms with Crippen LogP contribution in [0, 0.1) is 0 Å². The molecule has 1 rings (SSSR count). The highest BCUT2D eigenvalue weighted by Gasteiger charge is 2.03. The van der Waals surface area contributed by atoms with Gasteiger partial charge in [-0.15, -0.1) is 11.6 Å². The molecule has 0 unspecified atom stereocenters. The van der Waals surface area contributed by atoms with Crippen LogP contribution in [-0.2, 0) is 21.8 Å². The molecule has 0 spiro atoms. The van der Waals surface area contributed by atoms with Crippen LogP contribution in [0.3, 0.4) is 0 Å². The lowest BCUT2D eigenvalue weighted by atomic mass is 10.1. The summed E-state index contributed by atoms with van der Waals surface area (Å²) in [4.78, 5) is 11.2. The van der Waals surface area contributed by atoms with Gasteiger partial charge < -0.3 is 4.74 Å². The third kappa shape index (κ3) is 3.38. The van der Waals surface area contributed by atoms with Crippen LogP contribution >= 0.6 is 11.6 Å². The third-order valence-corrected chi connectivity index (χ3v) is 2.11. The van der Waals surface area contributed by atoms with E-state index in [0.717, 1.165) is 11.1 Å². The van der Waals surface area contributed by atoms with Gasteiger partial charge in [-0.25, -0.2) is 0 Å². The summed E-state index contributed by atoms with van der Waals surface area (Å²) in [5, 5.41) is 0. The maximum absolute atomic E-state index is 11.2. The van der Waals surface area contributed by atoms with Gasteiger partial charge in [0.2, 0.25) is 0 Å². The van der Waals surface area contributed by atoms with Gasteiger partial charge in [-0.05, 0) is 18.1 Å². The summed E-state index contributed by atoms with van der Waals surface area (Å²) in [6, 6.07) is 7.64. The van der Waals surface area contributed by atoms with Crippen molar-refractivity contribution in [2.24, 2.45) is 0 Å². The molecule has 0 saturated carbocycles. The molecule has 0 aliphatic heterocycles. The minimum atomic E-state index is -0.195. The Labute approximate surface area is 88.8 Å². The predicted octanol–water partition coefficient (Wildman–Crippen LogP) is 2.53. The quantitative estimate of drug-likeness (QED) is 0.566. The van der Waals surface area contributed by atoms with Crippen molar-refractivity contribution in [1.29, 1.82) is 0 Å². The molecule has 1 aromatic carbocycles. The maximum Gasteiger partial charge on any atom is 0.310 e. The van der Waals surface area contributed by atoms with Gasteiger partial charge >= 0.3 is 5.97 Å². The normalized spacial score (nSPS) is 9.86. The van der Waals surface area contributed by atoms with E-state index in [1.54, 1.807) is 6.92 Å². The lowest BCUT2D eigenvalue weighted by Gasteiger charge is -2.03. The Balaban J connectivity index is 2.62. The monoisotopic (exact) mass is 212 g/mol. The number of hydrogen-bond donors (Lipinski definition) is 0. The number of carbonyl (C=O) groups excluding carboxylic acids is 1. The fourth-order valence-electron chi connectivity index (χ4n) is 1.20. The number of ether oxygens (including phenoxy) is 1. The Kier molecular flexibility index (Phi) is 4.47. The average Bonchev–Trinajstić information content (AvgIpc) is 2.18. The standard InChI is InChI=1S/C11H13ClO2/c1-2-14-11(13)7-9-4-3-5-10(6-9)8-12/h3-6H,2,7-8H2,1H3. The molecule has 3 heteroatoms. The molecule has 0 saturated heterocycles. The molecule has 0 fully saturated rings. The van der Waals surface area contributed by atoms with Crippen LogP contribution in [0.4, 0.5) is 0 Å². The maximum atomic E-state index is 11.2. The zero-order valence-corrected chi connectivity index (χ0v) is 8.88. The average molecular weight is 213 g/mol. The van der Waals surface area contributed by atoms with Gasteiger partial charge in [0.1, 0.15) is 0 Å². The molecule has 0 heterocycles. The summed E-state index contributed by atoms with van der Waals surface area (Å²) < 4.78 is 4.85. The van der Waals surface area contributed by atoms with Gasteiger partial charge in [0.25, 0.3) is 0 Å². The summed E-state index contributed by atoms with van der Waals surface area (Å²) in [5.74, 6) is 0.274. The van der Waals surface area contributed by atoms with Crippen molar-refractivity contribution in [3.63, 3.8) is 0 Å². The Morgan fingerprint density at radius 1 is 1.43 bits per heavy atom. The molecule has 0 aromatic heterocycles. The van der Waals surface area contributed by atoms with Crippen LogP contribution in [0.2, 0.25) is 0 Å². The first-order chi connectivity index (χ1) is 6.76. The molecular weight excluding hydrogens is 200 g/mol. The minimum Gasteiger partial charge on any atom is -0.466 e. The topological polar surface area (TPSA) is 26.3 Å². The highest BCUT2D eigenvalue weighted by molar-refractivity contribution is 6.17. The van der Waals surface area contributed by atoms with E-state index in [1.807, 2.05) is 24.3 Å². The summed E-state index contributed by atoms with van der Waals surface area (Å²) >= 11 is 5.68. The second-order valence-electron chi connectivity index (χ2n) is 2.94. The van der Waals surface area contributed by atoms with Crippen LogP contribution in [0.25, 0.3) is 0 Å². The highest BCUT2D eigenvalue weighted by Crippen LogP contribution is 2.08. The van der Waals surface area contributed by atoms with Gasteiger partial charge in [-0.3, -0.25) is 4.79 Å².